The predicted molar refractivity (Wildman–Crippen MR) is 125 cm³/mol. The summed E-state index contributed by atoms with van der Waals surface area (Å²) in [6, 6.07) is 5.79. The van der Waals surface area contributed by atoms with Crippen molar-refractivity contribution in [2.75, 3.05) is 50.8 Å². The van der Waals surface area contributed by atoms with E-state index in [0.717, 1.165) is 18.2 Å². The standard InChI is InChI=1S/C22H28N4O5S2/c1-2-31-21(28)18-3-5-19(6-4-18)33(29,30)26-10-7-17(8-11-26)20(27)24-12-14-25(15-13-24)22-23-9-16-32-22/h3-6,9,16-17H,2,7-8,10-15H2,1H3. The van der Waals surface area contributed by atoms with Gasteiger partial charge in [0.25, 0.3) is 0 Å². The molecule has 3 heterocycles. The van der Waals surface area contributed by atoms with Crippen LogP contribution in [0.1, 0.15) is 30.1 Å². The second-order valence-corrected chi connectivity index (χ2v) is 10.9. The van der Waals surface area contributed by atoms with Crippen LogP contribution in [0.4, 0.5) is 5.13 Å². The van der Waals surface area contributed by atoms with E-state index in [1.807, 2.05) is 10.3 Å². The first-order chi connectivity index (χ1) is 15.9. The molecule has 0 saturated carbocycles. The zero-order chi connectivity index (χ0) is 23.4. The van der Waals surface area contributed by atoms with Crippen molar-refractivity contribution in [3.05, 3.63) is 41.4 Å². The number of aromatic nitrogens is 1. The summed E-state index contributed by atoms with van der Waals surface area (Å²) in [5.41, 5.74) is 0.315. The van der Waals surface area contributed by atoms with Crippen LogP contribution >= 0.6 is 11.3 Å². The van der Waals surface area contributed by atoms with Crippen LogP contribution in [0.25, 0.3) is 0 Å². The zero-order valence-corrected chi connectivity index (χ0v) is 20.2. The molecule has 1 aromatic heterocycles. The first kappa shape index (κ1) is 23.7. The third kappa shape index (κ3) is 5.20. The third-order valence-electron chi connectivity index (χ3n) is 6.09. The fourth-order valence-electron chi connectivity index (χ4n) is 4.22. The number of benzene rings is 1. The van der Waals surface area contributed by atoms with Crippen LogP contribution in [0.2, 0.25) is 0 Å². The van der Waals surface area contributed by atoms with E-state index in [9.17, 15) is 18.0 Å². The first-order valence-electron chi connectivity index (χ1n) is 11.1. The minimum absolute atomic E-state index is 0.115. The van der Waals surface area contributed by atoms with E-state index in [1.54, 1.807) is 24.5 Å². The second kappa shape index (κ2) is 10.2. The Balaban J connectivity index is 1.31. The van der Waals surface area contributed by atoms with Crippen LogP contribution in [0.3, 0.4) is 0 Å². The van der Waals surface area contributed by atoms with Gasteiger partial charge in [-0.1, -0.05) is 0 Å². The van der Waals surface area contributed by atoms with E-state index < -0.39 is 16.0 Å². The minimum Gasteiger partial charge on any atom is -0.462 e. The summed E-state index contributed by atoms with van der Waals surface area (Å²) in [6.45, 7) is 5.41. The minimum atomic E-state index is -3.68. The van der Waals surface area contributed by atoms with Crippen LogP contribution in [0.15, 0.2) is 40.7 Å². The number of rotatable bonds is 6. The molecule has 0 N–H and O–H groups in total. The number of piperidine rings is 1. The maximum atomic E-state index is 13.0. The summed E-state index contributed by atoms with van der Waals surface area (Å²) in [4.78, 5) is 33.4. The number of piperazine rings is 1. The average molecular weight is 493 g/mol. The molecule has 4 rings (SSSR count). The Morgan fingerprint density at radius 2 is 1.73 bits per heavy atom. The highest BCUT2D eigenvalue weighted by molar-refractivity contribution is 7.89. The average Bonchev–Trinajstić information content (AvgIpc) is 3.39. The molecule has 1 aromatic carbocycles. The fraction of sp³-hybridized carbons (Fsp3) is 0.500. The molecule has 0 unspecified atom stereocenters. The maximum absolute atomic E-state index is 13.0. The molecule has 9 nitrogen and oxygen atoms in total. The van der Waals surface area contributed by atoms with Crippen LogP contribution in [-0.2, 0) is 19.6 Å². The second-order valence-electron chi connectivity index (χ2n) is 8.05. The van der Waals surface area contributed by atoms with Crippen molar-refractivity contribution in [2.24, 2.45) is 5.92 Å². The van der Waals surface area contributed by atoms with Gasteiger partial charge in [-0.25, -0.2) is 18.2 Å². The topological polar surface area (TPSA) is 100 Å². The summed E-state index contributed by atoms with van der Waals surface area (Å²) in [6.07, 6.45) is 2.80. The van der Waals surface area contributed by atoms with Crippen LogP contribution in [-0.4, -0.2) is 80.4 Å². The molecule has 0 aliphatic carbocycles. The van der Waals surface area contributed by atoms with Gasteiger partial charge in [0.2, 0.25) is 15.9 Å². The maximum Gasteiger partial charge on any atom is 0.338 e. The van der Waals surface area contributed by atoms with Gasteiger partial charge in [-0.3, -0.25) is 4.79 Å². The molecular weight excluding hydrogens is 464 g/mol. The monoisotopic (exact) mass is 492 g/mol. The highest BCUT2D eigenvalue weighted by Crippen LogP contribution is 2.26. The number of anilines is 1. The molecule has 2 saturated heterocycles. The lowest BCUT2D eigenvalue weighted by molar-refractivity contribution is -0.137. The predicted octanol–water partition coefficient (Wildman–Crippen LogP) is 2.07. The summed E-state index contributed by atoms with van der Waals surface area (Å²) >= 11 is 1.60. The smallest absolute Gasteiger partial charge is 0.338 e. The van der Waals surface area contributed by atoms with Crippen LogP contribution < -0.4 is 4.90 Å². The number of esters is 1. The van der Waals surface area contributed by atoms with Gasteiger partial charge < -0.3 is 14.5 Å². The Kier molecular flexibility index (Phi) is 7.30. The van der Waals surface area contributed by atoms with Crippen LogP contribution in [0.5, 0.6) is 0 Å². The van der Waals surface area contributed by atoms with Gasteiger partial charge in [0.05, 0.1) is 17.1 Å². The Morgan fingerprint density at radius 1 is 1.06 bits per heavy atom. The molecule has 2 aliphatic rings. The van der Waals surface area contributed by atoms with Crippen molar-refractivity contribution in [3.8, 4) is 0 Å². The zero-order valence-electron chi connectivity index (χ0n) is 18.6. The molecule has 0 atom stereocenters. The highest BCUT2D eigenvalue weighted by Gasteiger charge is 2.35. The van der Waals surface area contributed by atoms with E-state index in [-0.39, 0.29) is 23.3 Å². The Morgan fingerprint density at radius 3 is 2.30 bits per heavy atom. The van der Waals surface area contributed by atoms with Crippen molar-refractivity contribution < 1.29 is 22.7 Å². The number of nitrogens with zero attached hydrogens (tertiary/aromatic N) is 4. The summed E-state index contributed by atoms with van der Waals surface area (Å²) in [7, 11) is -3.68. The molecule has 2 fully saturated rings. The molecule has 33 heavy (non-hydrogen) atoms. The highest BCUT2D eigenvalue weighted by atomic mass is 32.2. The van der Waals surface area contributed by atoms with Crippen molar-refractivity contribution >= 4 is 38.4 Å². The lowest BCUT2D eigenvalue weighted by atomic mass is 9.96. The lowest BCUT2D eigenvalue weighted by Gasteiger charge is -2.38. The van der Waals surface area contributed by atoms with E-state index in [4.69, 9.17) is 4.74 Å². The lowest BCUT2D eigenvalue weighted by Crippen LogP contribution is -2.52. The third-order valence-corrected chi connectivity index (χ3v) is 8.83. The van der Waals surface area contributed by atoms with E-state index in [2.05, 4.69) is 9.88 Å². The summed E-state index contributed by atoms with van der Waals surface area (Å²) in [5, 5.41) is 2.93. The van der Waals surface area contributed by atoms with Crippen molar-refractivity contribution in [3.63, 3.8) is 0 Å². The number of sulfonamides is 1. The number of thiazole rings is 1. The molecule has 2 aliphatic heterocycles. The SMILES string of the molecule is CCOC(=O)c1ccc(S(=O)(=O)N2CCC(C(=O)N3CCN(c4nccs4)CC3)CC2)cc1. The van der Waals surface area contributed by atoms with E-state index in [0.29, 0.717) is 44.6 Å². The Hall–Kier alpha value is -2.50. The molecule has 0 radical (unpaired) electrons. The summed E-state index contributed by atoms with van der Waals surface area (Å²) < 4.78 is 32.4. The number of ether oxygens (including phenoxy) is 1. The van der Waals surface area contributed by atoms with E-state index in [1.165, 1.54) is 28.6 Å². The van der Waals surface area contributed by atoms with E-state index >= 15 is 0 Å². The first-order valence-corrected chi connectivity index (χ1v) is 13.4. The van der Waals surface area contributed by atoms with Crippen molar-refractivity contribution in [2.45, 2.75) is 24.7 Å². The largest absolute Gasteiger partial charge is 0.462 e. The normalized spacial score (nSPS) is 18.3. The van der Waals surface area contributed by atoms with Gasteiger partial charge in [0.1, 0.15) is 0 Å². The van der Waals surface area contributed by atoms with Gasteiger partial charge in [-0.05, 0) is 44.0 Å². The fourth-order valence-corrected chi connectivity index (χ4v) is 6.38. The molecular formula is C22H28N4O5S2. The summed E-state index contributed by atoms with van der Waals surface area (Å²) in [5.74, 6) is -0.521. The molecule has 11 heteroatoms. The quantitative estimate of drug-likeness (QED) is 0.569. The number of carbonyl (C=O) groups excluding carboxylic acids is 2. The van der Waals surface area contributed by atoms with Gasteiger partial charge in [-0.2, -0.15) is 4.31 Å². The molecule has 2 aromatic rings. The molecule has 0 bridgehead atoms. The number of amides is 1. The Labute approximate surface area is 198 Å². The van der Waals surface area contributed by atoms with Crippen molar-refractivity contribution in [1.29, 1.82) is 0 Å². The Bertz CT molecular complexity index is 1060. The van der Waals surface area contributed by atoms with Gasteiger partial charge in [-0.15, -0.1) is 11.3 Å². The number of carbonyl (C=O) groups is 2. The van der Waals surface area contributed by atoms with Crippen molar-refractivity contribution in [1.82, 2.24) is 14.2 Å². The van der Waals surface area contributed by atoms with Gasteiger partial charge in [0, 0.05) is 56.8 Å². The van der Waals surface area contributed by atoms with Gasteiger partial charge >= 0.3 is 5.97 Å². The number of hydrogen-bond acceptors (Lipinski definition) is 8. The number of hydrogen-bond donors (Lipinski definition) is 0. The molecule has 1 amide bonds. The molecule has 0 spiro atoms. The van der Waals surface area contributed by atoms with Gasteiger partial charge in [0.15, 0.2) is 5.13 Å². The van der Waals surface area contributed by atoms with Crippen LogP contribution in [0, 0.1) is 5.92 Å². The molecule has 178 valence electrons.